The molecule has 0 spiro atoms. The molecule has 0 unspecified atom stereocenters. The first-order chi connectivity index (χ1) is 7.45. The van der Waals surface area contributed by atoms with Crippen LogP contribution in [0.5, 0.6) is 0 Å². The summed E-state index contributed by atoms with van der Waals surface area (Å²) in [6.07, 6.45) is 0. The third-order valence-electron chi connectivity index (χ3n) is 2.06. The highest BCUT2D eigenvalue weighted by atomic mass is 16.4. The lowest BCUT2D eigenvalue weighted by Gasteiger charge is -2.20. The second-order valence-corrected chi connectivity index (χ2v) is 3.82. The van der Waals surface area contributed by atoms with Gasteiger partial charge in [0.25, 0.3) is 0 Å². The Morgan fingerprint density at radius 2 is 1.62 bits per heavy atom. The third kappa shape index (κ3) is 8.19. The second kappa shape index (κ2) is 8.06. The number of carboxylic acid groups (broad SMARTS) is 1. The molecule has 0 aromatic rings. The summed E-state index contributed by atoms with van der Waals surface area (Å²) in [5.74, 6) is -0.847. The van der Waals surface area contributed by atoms with E-state index in [0.29, 0.717) is 26.2 Å². The minimum Gasteiger partial charge on any atom is -0.480 e. The molecule has 0 aromatic heterocycles. The highest BCUT2D eigenvalue weighted by molar-refractivity contribution is 5.77. The summed E-state index contributed by atoms with van der Waals surface area (Å²) < 4.78 is 0. The Morgan fingerprint density at radius 1 is 1.12 bits per heavy atom. The summed E-state index contributed by atoms with van der Waals surface area (Å²) >= 11 is 0. The predicted molar refractivity (Wildman–Crippen MR) is 61.3 cm³/mol. The van der Waals surface area contributed by atoms with E-state index in [1.165, 1.54) is 0 Å². The van der Waals surface area contributed by atoms with E-state index in [1.807, 2.05) is 18.9 Å². The highest BCUT2D eigenvalue weighted by Gasteiger charge is 2.08. The zero-order valence-corrected chi connectivity index (χ0v) is 10.2. The smallest absolute Gasteiger partial charge is 0.317 e. The van der Waals surface area contributed by atoms with Crippen LogP contribution in [0.4, 0.5) is 0 Å². The molecule has 6 heteroatoms. The Kier molecular flexibility index (Phi) is 7.49. The van der Waals surface area contributed by atoms with Gasteiger partial charge in [-0.15, -0.1) is 0 Å². The molecule has 0 aliphatic rings. The standard InChI is InChI=1S/C10H21N3O3/c1-4-11-9(14)7-12(2)5-6-13(3)8-10(15)16/h4-8H2,1-3H3,(H,11,14)(H,15,16). The monoisotopic (exact) mass is 231 g/mol. The van der Waals surface area contributed by atoms with E-state index in [-0.39, 0.29) is 12.5 Å². The van der Waals surface area contributed by atoms with Gasteiger partial charge in [0.15, 0.2) is 0 Å². The zero-order valence-electron chi connectivity index (χ0n) is 10.2. The third-order valence-corrected chi connectivity index (χ3v) is 2.06. The molecule has 2 N–H and O–H groups in total. The van der Waals surface area contributed by atoms with E-state index in [4.69, 9.17) is 5.11 Å². The van der Waals surface area contributed by atoms with Gasteiger partial charge in [0.05, 0.1) is 13.1 Å². The number of rotatable bonds is 8. The highest BCUT2D eigenvalue weighted by Crippen LogP contribution is 1.87. The van der Waals surface area contributed by atoms with E-state index in [1.54, 1.807) is 11.9 Å². The molecule has 0 rings (SSSR count). The fourth-order valence-corrected chi connectivity index (χ4v) is 1.23. The average molecular weight is 231 g/mol. The van der Waals surface area contributed by atoms with Gasteiger partial charge in [-0.05, 0) is 21.0 Å². The minimum absolute atomic E-state index is 0.00844. The molecule has 6 nitrogen and oxygen atoms in total. The van der Waals surface area contributed by atoms with E-state index < -0.39 is 5.97 Å². The topological polar surface area (TPSA) is 72.9 Å². The van der Waals surface area contributed by atoms with Crippen molar-refractivity contribution in [3.05, 3.63) is 0 Å². The SMILES string of the molecule is CCNC(=O)CN(C)CCN(C)CC(=O)O. The average Bonchev–Trinajstić information content (AvgIpc) is 2.14. The number of hydrogen-bond donors (Lipinski definition) is 2. The number of nitrogens with one attached hydrogen (secondary N) is 1. The fraction of sp³-hybridized carbons (Fsp3) is 0.800. The van der Waals surface area contributed by atoms with Crippen molar-refractivity contribution in [3.8, 4) is 0 Å². The Bertz CT molecular complexity index is 233. The van der Waals surface area contributed by atoms with E-state index in [9.17, 15) is 9.59 Å². The number of hydrogen-bond acceptors (Lipinski definition) is 4. The zero-order chi connectivity index (χ0) is 12.6. The molecule has 0 bridgehead atoms. The molecule has 0 atom stereocenters. The van der Waals surface area contributed by atoms with Crippen LogP contribution in [0.25, 0.3) is 0 Å². The predicted octanol–water partition coefficient (Wildman–Crippen LogP) is -0.929. The first-order valence-electron chi connectivity index (χ1n) is 5.31. The first kappa shape index (κ1) is 14.9. The van der Waals surface area contributed by atoms with Crippen molar-refractivity contribution in [1.29, 1.82) is 0 Å². The van der Waals surface area contributed by atoms with Gasteiger partial charge >= 0.3 is 5.97 Å². The summed E-state index contributed by atoms with van der Waals surface area (Å²) in [6, 6.07) is 0. The van der Waals surface area contributed by atoms with Crippen LogP contribution >= 0.6 is 0 Å². The molecule has 94 valence electrons. The number of carbonyl (C=O) groups excluding carboxylic acids is 1. The number of amides is 1. The van der Waals surface area contributed by atoms with Crippen LogP contribution in [0.3, 0.4) is 0 Å². The quantitative estimate of drug-likeness (QED) is 0.565. The van der Waals surface area contributed by atoms with Crippen LogP contribution in [0.15, 0.2) is 0 Å². The molecule has 16 heavy (non-hydrogen) atoms. The Hall–Kier alpha value is -1.14. The van der Waals surface area contributed by atoms with E-state index in [2.05, 4.69) is 5.32 Å². The van der Waals surface area contributed by atoms with Crippen LogP contribution in [0.2, 0.25) is 0 Å². The second-order valence-electron chi connectivity index (χ2n) is 3.82. The van der Waals surface area contributed by atoms with Gasteiger partial charge < -0.3 is 10.4 Å². The fourth-order valence-electron chi connectivity index (χ4n) is 1.23. The van der Waals surface area contributed by atoms with Crippen LogP contribution < -0.4 is 5.32 Å². The van der Waals surface area contributed by atoms with Gasteiger partial charge in [0.2, 0.25) is 5.91 Å². The summed E-state index contributed by atoms with van der Waals surface area (Å²) in [7, 11) is 3.58. The maximum atomic E-state index is 11.2. The molecule has 0 saturated carbocycles. The lowest BCUT2D eigenvalue weighted by atomic mass is 10.4. The lowest BCUT2D eigenvalue weighted by molar-refractivity contribution is -0.138. The number of nitrogens with zero attached hydrogens (tertiary/aromatic N) is 2. The maximum absolute atomic E-state index is 11.2. The largest absolute Gasteiger partial charge is 0.480 e. The maximum Gasteiger partial charge on any atom is 0.317 e. The van der Waals surface area contributed by atoms with Crippen molar-refractivity contribution in [2.45, 2.75) is 6.92 Å². The molecular weight excluding hydrogens is 210 g/mol. The normalized spacial score (nSPS) is 10.8. The Balaban J connectivity index is 3.67. The van der Waals surface area contributed by atoms with Crippen LogP contribution in [0.1, 0.15) is 6.92 Å². The van der Waals surface area contributed by atoms with Gasteiger partial charge in [-0.2, -0.15) is 0 Å². The first-order valence-corrected chi connectivity index (χ1v) is 5.31. The molecule has 0 saturated heterocycles. The summed E-state index contributed by atoms with van der Waals surface area (Å²) in [5, 5.41) is 11.3. The molecule has 0 aliphatic carbocycles. The molecule has 0 aromatic carbocycles. The van der Waals surface area contributed by atoms with Crippen molar-refractivity contribution in [2.75, 3.05) is 46.8 Å². The van der Waals surface area contributed by atoms with Crippen molar-refractivity contribution in [2.24, 2.45) is 0 Å². The van der Waals surface area contributed by atoms with Gasteiger partial charge in [0, 0.05) is 19.6 Å². The summed E-state index contributed by atoms with van der Waals surface area (Å²) in [4.78, 5) is 25.2. The lowest BCUT2D eigenvalue weighted by Crippen LogP contribution is -2.39. The minimum atomic E-state index is -0.839. The summed E-state index contributed by atoms with van der Waals surface area (Å²) in [5.41, 5.74) is 0. The van der Waals surface area contributed by atoms with Gasteiger partial charge in [0.1, 0.15) is 0 Å². The van der Waals surface area contributed by atoms with Crippen LogP contribution in [0, 0.1) is 0 Å². The van der Waals surface area contributed by atoms with Gasteiger partial charge in [-0.1, -0.05) is 0 Å². The molecule has 0 heterocycles. The number of aliphatic carboxylic acids is 1. The van der Waals surface area contributed by atoms with E-state index in [0.717, 1.165) is 0 Å². The van der Waals surface area contributed by atoms with Gasteiger partial charge in [-0.25, -0.2) is 0 Å². The van der Waals surface area contributed by atoms with Crippen molar-refractivity contribution in [3.63, 3.8) is 0 Å². The van der Waals surface area contributed by atoms with Crippen LogP contribution in [-0.2, 0) is 9.59 Å². The van der Waals surface area contributed by atoms with E-state index >= 15 is 0 Å². The number of carboxylic acids is 1. The summed E-state index contributed by atoms with van der Waals surface area (Å²) in [6.45, 7) is 4.16. The molecular formula is C10H21N3O3. The number of likely N-dealkylation sites (N-methyl/N-ethyl adjacent to an activating group) is 3. The number of carbonyl (C=O) groups is 2. The van der Waals surface area contributed by atoms with Crippen molar-refractivity contribution in [1.82, 2.24) is 15.1 Å². The van der Waals surface area contributed by atoms with Crippen molar-refractivity contribution < 1.29 is 14.7 Å². The molecule has 0 radical (unpaired) electrons. The molecule has 0 aliphatic heterocycles. The van der Waals surface area contributed by atoms with Crippen molar-refractivity contribution >= 4 is 11.9 Å². The molecule has 1 amide bonds. The Morgan fingerprint density at radius 3 is 2.06 bits per heavy atom. The van der Waals surface area contributed by atoms with Crippen LogP contribution in [-0.4, -0.2) is 73.6 Å². The molecule has 0 fully saturated rings. The Labute approximate surface area is 96.2 Å². The van der Waals surface area contributed by atoms with Gasteiger partial charge in [-0.3, -0.25) is 19.4 Å².